The van der Waals surface area contributed by atoms with Crippen molar-refractivity contribution in [3.63, 3.8) is 0 Å². The lowest BCUT2D eigenvalue weighted by Crippen LogP contribution is -2.36. The summed E-state index contributed by atoms with van der Waals surface area (Å²) in [6, 6.07) is 0. The highest BCUT2D eigenvalue weighted by Gasteiger charge is 2.16. The van der Waals surface area contributed by atoms with Crippen LogP contribution in [-0.4, -0.2) is 29.5 Å². The third-order valence-corrected chi connectivity index (χ3v) is 1.27. The predicted octanol–water partition coefficient (Wildman–Crippen LogP) is 1.11. The number of alkyl carbamates (subject to hydrolysis) is 1. The van der Waals surface area contributed by atoms with E-state index in [1.807, 2.05) is 0 Å². The summed E-state index contributed by atoms with van der Waals surface area (Å²) < 4.78 is 4.95. The van der Waals surface area contributed by atoms with Crippen molar-refractivity contribution in [1.82, 2.24) is 10.2 Å². The Morgan fingerprint density at radius 3 is 2.21 bits per heavy atom. The van der Waals surface area contributed by atoms with Gasteiger partial charge in [-0.05, 0) is 20.8 Å². The third kappa shape index (κ3) is 6.28. The van der Waals surface area contributed by atoms with Crippen molar-refractivity contribution in [2.24, 2.45) is 0 Å². The molecule has 5 nitrogen and oxygen atoms in total. The maximum Gasteiger partial charge on any atom is 0.409 e. The molecule has 0 saturated carbocycles. The normalized spacial score (nSPS) is 10.6. The average molecular weight is 201 g/mol. The molecule has 0 aliphatic carbocycles. The molecule has 2 amide bonds. The van der Waals surface area contributed by atoms with Crippen LogP contribution in [0.5, 0.6) is 0 Å². The summed E-state index contributed by atoms with van der Waals surface area (Å²) in [7, 11) is 1.54. The second-order valence-corrected chi connectivity index (χ2v) is 3.91. The Bertz CT molecular complexity index is 221. The Balaban J connectivity index is 3.81. The molecule has 1 radical (unpaired) electrons. The van der Waals surface area contributed by atoms with Crippen LogP contribution in [0.15, 0.2) is 0 Å². The van der Waals surface area contributed by atoms with Crippen LogP contribution in [-0.2, 0) is 9.53 Å². The SMILES string of the molecule is CC(=O)N(C)[CH]NC(=O)OC(C)(C)C. The Morgan fingerprint density at radius 2 is 1.86 bits per heavy atom. The highest BCUT2D eigenvalue weighted by atomic mass is 16.6. The monoisotopic (exact) mass is 201 g/mol. The first-order valence-corrected chi connectivity index (χ1v) is 4.28. The van der Waals surface area contributed by atoms with Crippen LogP contribution in [0.1, 0.15) is 27.7 Å². The molecule has 0 atom stereocenters. The molecular formula is C9H17N2O3. The number of nitrogens with one attached hydrogen (secondary N) is 1. The van der Waals surface area contributed by atoms with Crippen LogP contribution < -0.4 is 5.32 Å². The first-order valence-electron chi connectivity index (χ1n) is 4.28. The molecule has 0 bridgehead atoms. The highest BCUT2D eigenvalue weighted by Crippen LogP contribution is 2.06. The van der Waals surface area contributed by atoms with Crippen molar-refractivity contribution < 1.29 is 14.3 Å². The van der Waals surface area contributed by atoms with Crippen molar-refractivity contribution in [3.8, 4) is 0 Å². The second kappa shape index (κ2) is 4.83. The molecule has 0 saturated heterocycles. The second-order valence-electron chi connectivity index (χ2n) is 3.91. The lowest BCUT2D eigenvalue weighted by Gasteiger charge is -2.21. The van der Waals surface area contributed by atoms with E-state index >= 15 is 0 Å². The van der Waals surface area contributed by atoms with Crippen LogP contribution in [0.3, 0.4) is 0 Å². The fourth-order valence-corrected chi connectivity index (χ4v) is 0.548. The largest absolute Gasteiger partial charge is 0.444 e. The van der Waals surface area contributed by atoms with Gasteiger partial charge in [-0.25, -0.2) is 4.79 Å². The molecule has 1 N–H and O–H groups in total. The number of carbonyl (C=O) groups is 2. The molecule has 14 heavy (non-hydrogen) atoms. The van der Waals surface area contributed by atoms with E-state index in [9.17, 15) is 9.59 Å². The predicted molar refractivity (Wildman–Crippen MR) is 52.1 cm³/mol. The summed E-state index contributed by atoms with van der Waals surface area (Å²) in [5.41, 5.74) is -0.535. The maximum atomic E-state index is 11.1. The van der Waals surface area contributed by atoms with Crippen molar-refractivity contribution in [2.45, 2.75) is 33.3 Å². The van der Waals surface area contributed by atoms with Gasteiger partial charge in [0.2, 0.25) is 5.91 Å². The summed E-state index contributed by atoms with van der Waals surface area (Å²) >= 11 is 0. The van der Waals surface area contributed by atoms with Crippen molar-refractivity contribution in [2.75, 3.05) is 7.05 Å². The zero-order chi connectivity index (χ0) is 11.4. The summed E-state index contributed by atoms with van der Waals surface area (Å²) in [5.74, 6) is -0.166. The molecule has 0 unspecified atom stereocenters. The Labute approximate surface area is 84.4 Å². The molecule has 5 heteroatoms. The van der Waals surface area contributed by atoms with Gasteiger partial charge in [0.05, 0.1) is 0 Å². The number of nitrogens with zero attached hydrogens (tertiary/aromatic N) is 1. The first-order chi connectivity index (χ1) is 6.22. The lowest BCUT2D eigenvalue weighted by molar-refractivity contribution is -0.126. The zero-order valence-electron chi connectivity index (χ0n) is 9.25. The molecule has 81 valence electrons. The summed E-state index contributed by atoms with van der Waals surface area (Å²) in [6.07, 6.45) is -0.578. The number of amides is 2. The van der Waals surface area contributed by atoms with Gasteiger partial charge >= 0.3 is 6.09 Å². The number of hydrogen-bond acceptors (Lipinski definition) is 3. The topological polar surface area (TPSA) is 58.6 Å². The fraction of sp³-hybridized carbons (Fsp3) is 0.667. The van der Waals surface area contributed by atoms with E-state index in [-0.39, 0.29) is 5.91 Å². The van der Waals surface area contributed by atoms with Crippen molar-refractivity contribution in [3.05, 3.63) is 6.67 Å². The smallest absolute Gasteiger partial charge is 0.409 e. The van der Waals surface area contributed by atoms with Gasteiger partial charge in [-0.1, -0.05) is 0 Å². The van der Waals surface area contributed by atoms with E-state index in [2.05, 4.69) is 5.32 Å². The standard InChI is InChI=1S/C9H17N2O3/c1-7(12)11(5)6-10-8(13)14-9(2,3)4/h6H,1-5H3,(H,10,13). The van der Waals surface area contributed by atoms with Gasteiger partial charge < -0.3 is 9.64 Å². The number of carbonyl (C=O) groups excluding carboxylic acids is 2. The maximum absolute atomic E-state index is 11.1. The lowest BCUT2D eigenvalue weighted by atomic mass is 10.2. The quantitative estimate of drug-likeness (QED) is 0.728. The van der Waals surface area contributed by atoms with Crippen LogP contribution >= 0.6 is 0 Å². The first kappa shape index (κ1) is 12.7. The molecule has 0 heterocycles. The summed E-state index contributed by atoms with van der Waals surface area (Å²) in [6.45, 7) is 7.95. The van der Waals surface area contributed by atoms with Crippen LogP contribution in [0.4, 0.5) is 4.79 Å². The van der Waals surface area contributed by atoms with Crippen molar-refractivity contribution >= 4 is 12.0 Å². The fourth-order valence-electron chi connectivity index (χ4n) is 0.548. The van der Waals surface area contributed by atoms with E-state index in [0.717, 1.165) is 0 Å². The Morgan fingerprint density at radius 1 is 1.36 bits per heavy atom. The average Bonchev–Trinajstić information content (AvgIpc) is 1.96. The van der Waals surface area contributed by atoms with Crippen LogP contribution in [0.2, 0.25) is 0 Å². The van der Waals surface area contributed by atoms with Gasteiger partial charge in [0.25, 0.3) is 0 Å². The molecule has 0 aromatic rings. The Kier molecular flexibility index (Phi) is 4.40. The van der Waals surface area contributed by atoms with E-state index in [1.54, 1.807) is 27.8 Å². The minimum atomic E-state index is -0.578. The number of hydrogen-bond donors (Lipinski definition) is 1. The Hall–Kier alpha value is -1.26. The molecule has 0 aliphatic heterocycles. The van der Waals surface area contributed by atoms with Gasteiger partial charge in [-0.3, -0.25) is 10.1 Å². The van der Waals surface area contributed by atoms with E-state index < -0.39 is 11.7 Å². The van der Waals surface area contributed by atoms with Crippen LogP contribution in [0, 0.1) is 6.67 Å². The van der Waals surface area contributed by atoms with Gasteiger partial charge in [-0.2, -0.15) is 0 Å². The zero-order valence-corrected chi connectivity index (χ0v) is 9.25. The van der Waals surface area contributed by atoms with Gasteiger partial charge in [0, 0.05) is 14.0 Å². The highest BCUT2D eigenvalue weighted by molar-refractivity contribution is 5.75. The van der Waals surface area contributed by atoms with E-state index in [0.29, 0.717) is 0 Å². The van der Waals surface area contributed by atoms with Gasteiger partial charge in [-0.15, -0.1) is 0 Å². The summed E-state index contributed by atoms with van der Waals surface area (Å²) in [5, 5.41) is 2.34. The number of rotatable bonds is 2. The molecule has 0 rings (SSSR count). The molecule has 0 spiro atoms. The van der Waals surface area contributed by atoms with Gasteiger partial charge in [0.15, 0.2) is 0 Å². The van der Waals surface area contributed by atoms with Crippen molar-refractivity contribution in [1.29, 1.82) is 0 Å². The molecule has 0 fully saturated rings. The molecule has 0 aromatic carbocycles. The van der Waals surface area contributed by atoms with Crippen LogP contribution in [0.25, 0.3) is 0 Å². The molecular weight excluding hydrogens is 184 g/mol. The molecule has 0 aromatic heterocycles. The third-order valence-electron chi connectivity index (χ3n) is 1.27. The molecule has 0 aliphatic rings. The van der Waals surface area contributed by atoms with Gasteiger partial charge in [0.1, 0.15) is 12.3 Å². The minimum Gasteiger partial charge on any atom is -0.444 e. The summed E-state index contributed by atoms with van der Waals surface area (Å²) in [4.78, 5) is 23.1. The van der Waals surface area contributed by atoms with E-state index in [4.69, 9.17) is 4.74 Å². The number of ether oxygens (including phenoxy) is 1. The minimum absolute atomic E-state index is 0.166. The van der Waals surface area contributed by atoms with E-state index in [1.165, 1.54) is 18.5 Å².